The van der Waals surface area contributed by atoms with Gasteiger partial charge in [0.1, 0.15) is 18.0 Å². The number of fused-ring (bicyclic) bond motifs is 1. The van der Waals surface area contributed by atoms with Gasteiger partial charge in [-0.25, -0.2) is 4.98 Å². The largest absolute Gasteiger partial charge is 0.495 e. The van der Waals surface area contributed by atoms with Crippen LogP contribution in [-0.2, 0) is 24.3 Å². The van der Waals surface area contributed by atoms with E-state index in [1.165, 1.54) is 36.0 Å². The predicted octanol–water partition coefficient (Wildman–Crippen LogP) is 3.42. The van der Waals surface area contributed by atoms with E-state index >= 15 is 0 Å². The molecule has 1 amide bonds. The van der Waals surface area contributed by atoms with Crippen molar-refractivity contribution in [2.45, 2.75) is 26.4 Å². The lowest BCUT2D eigenvalue weighted by Crippen LogP contribution is -2.38. The smallest absolute Gasteiger partial charge is 0.255 e. The monoisotopic (exact) mass is 468 g/mol. The van der Waals surface area contributed by atoms with Crippen LogP contribution in [0.1, 0.15) is 16.8 Å². The Hall–Kier alpha value is -3.52. The summed E-state index contributed by atoms with van der Waals surface area (Å²) in [5.74, 6) is 0.898. The number of carbonyl (C=O) groups is 1. The number of nitrogens with one attached hydrogen (secondary N) is 1. The molecule has 2 heterocycles. The molecular weight excluding hydrogens is 444 g/mol. The number of hydrogen-bond acceptors (Lipinski definition) is 6. The number of nitrogens with zero attached hydrogens (tertiary/aromatic N) is 3. The summed E-state index contributed by atoms with van der Waals surface area (Å²) in [6.45, 7) is 2.90. The van der Waals surface area contributed by atoms with Crippen LogP contribution >= 0.6 is 11.6 Å². The summed E-state index contributed by atoms with van der Waals surface area (Å²) >= 11 is 6.21. The Bertz CT molecular complexity index is 1260. The minimum atomic E-state index is -0.402. The Morgan fingerprint density at radius 2 is 1.85 bits per heavy atom. The van der Waals surface area contributed by atoms with Crippen LogP contribution in [0.4, 0.5) is 11.6 Å². The van der Waals surface area contributed by atoms with Crippen molar-refractivity contribution >= 4 is 29.1 Å². The van der Waals surface area contributed by atoms with Crippen molar-refractivity contribution in [3.8, 4) is 11.5 Å². The summed E-state index contributed by atoms with van der Waals surface area (Å²) < 4.78 is 11.9. The number of halogens is 1. The lowest BCUT2D eigenvalue weighted by Gasteiger charge is -2.31. The zero-order chi connectivity index (χ0) is 23.5. The molecule has 0 fully saturated rings. The number of aryl methyl sites for hydroxylation is 1. The highest BCUT2D eigenvalue weighted by atomic mass is 35.5. The van der Waals surface area contributed by atoms with Crippen LogP contribution in [0, 0.1) is 6.92 Å². The third-order valence-corrected chi connectivity index (χ3v) is 5.87. The summed E-state index contributed by atoms with van der Waals surface area (Å²) in [7, 11) is 2.98. The number of ether oxygens (including phenoxy) is 2. The minimum absolute atomic E-state index is 0.202. The molecule has 1 N–H and O–H groups in total. The number of benzene rings is 2. The number of aromatic nitrogens is 2. The zero-order valence-electron chi connectivity index (χ0n) is 18.7. The summed E-state index contributed by atoms with van der Waals surface area (Å²) in [6, 6.07) is 12.8. The van der Waals surface area contributed by atoms with Crippen LogP contribution in [0.25, 0.3) is 0 Å². The molecular formula is C24H25ClN4O4. The van der Waals surface area contributed by atoms with Crippen molar-refractivity contribution in [2.75, 3.05) is 31.0 Å². The van der Waals surface area contributed by atoms with Crippen molar-refractivity contribution in [3.63, 3.8) is 0 Å². The first-order valence-corrected chi connectivity index (χ1v) is 10.9. The molecule has 2 aromatic carbocycles. The highest BCUT2D eigenvalue weighted by molar-refractivity contribution is 6.32. The number of methoxy groups -OCH3 is 2. The summed E-state index contributed by atoms with van der Waals surface area (Å²) in [6.07, 6.45) is 0.841. The van der Waals surface area contributed by atoms with Crippen LogP contribution in [0.15, 0.2) is 47.3 Å². The Morgan fingerprint density at radius 1 is 1.12 bits per heavy atom. The highest BCUT2D eigenvalue weighted by Crippen LogP contribution is 2.36. The van der Waals surface area contributed by atoms with Gasteiger partial charge < -0.3 is 19.7 Å². The average Bonchev–Trinajstić information content (AvgIpc) is 2.80. The molecule has 0 saturated heterocycles. The Kier molecular flexibility index (Phi) is 6.55. The van der Waals surface area contributed by atoms with Crippen LogP contribution in [0.5, 0.6) is 11.5 Å². The first-order chi connectivity index (χ1) is 15.9. The van der Waals surface area contributed by atoms with Gasteiger partial charge in [0.2, 0.25) is 11.9 Å². The van der Waals surface area contributed by atoms with E-state index in [4.69, 9.17) is 21.1 Å². The van der Waals surface area contributed by atoms with E-state index in [2.05, 4.69) is 22.4 Å². The fourth-order valence-electron chi connectivity index (χ4n) is 3.95. The topological polar surface area (TPSA) is 85.7 Å². The molecule has 0 spiro atoms. The molecule has 1 aliphatic heterocycles. The van der Waals surface area contributed by atoms with Crippen molar-refractivity contribution < 1.29 is 14.3 Å². The van der Waals surface area contributed by atoms with E-state index in [0.717, 1.165) is 6.42 Å². The third-order valence-electron chi connectivity index (χ3n) is 5.58. The van der Waals surface area contributed by atoms with Crippen molar-refractivity contribution in [1.82, 2.24) is 9.55 Å². The van der Waals surface area contributed by atoms with Crippen molar-refractivity contribution in [1.29, 1.82) is 0 Å². The zero-order valence-corrected chi connectivity index (χ0v) is 19.5. The quantitative estimate of drug-likeness (QED) is 0.596. The number of anilines is 2. The maximum atomic E-state index is 12.9. The van der Waals surface area contributed by atoms with E-state index in [9.17, 15) is 9.59 Å². The molecule has 1 aliphatic rings. The fraction of sp³-hybridized carbons (Fsp3) is 0.292. The number of carbonyl (C=O) groups excluding carboxylic acids is 1. The maximum Gasteiger partial charge on any atom is 0.255 e. The highest BCUT2D eigenvalue weighted by Gasteiger charge is 2.22. The number of rotatable bonds is 6. The van der Waals surface area contributed by atoms with E-state index in [1.54, 1.807) is 19.1 Å². The fourth-order valence-corrected chi connectivity index (χ4v) is 4.19. The summed E-state index contributed by atoms with van der Waals surface area (Å²) in [5.41, 5.74) is 3.18. The van der Waals surface area contributed by atoms with E-state index in [-0.39, 0.29) is 12.1 Å². The molecule has 0 unspecified atom stereocenters. The van der Waals surface area contributed by atoms with Gasteiger partial charge in [-0.15, -0.1) is 0 Å². The normalized spacial score (nSPS) is 12.8. The van der Waals surface area contributed by atoms with E-state index in [0.29, 0.717) is 46.9 Å². The van der Waals surface area contributed by atoms with Crippen LogP contribution in [0.3, 0.4) is 0 Å². The minimum Gasteiger partial charge on any atom is -0.495 e. The number of hydrogen-bond donors (Lipinski definition) is 1. The molecule has 0 atom stereocenters. The second kappa shape index (κ2) is 9.54. The van der Waals surface area contributed by atoms with Gasteiger partial charge in [0.15, 0.2) is 0 Å². The van der Waals surface area contributed by atoms with E-state index in [1.807, 2.05) is 17.0 Å². The first kappa shape index (κ1) is 22.7. The third kappa shape index (κ3) is 4.80. The number of amides is 1. The molecule has 0 aliphatic carbocycles. The van der Waals surface area contributed by atoms with Gasteiger partial charge in [-0.1, -0.05) is 35.9 Å². The second-order valence-corrected chi connectivity index (χ2v) is 8.20. The van der Waals surface area contributed by atoms with Gasteiger partial charge in [-0.05, 0) is 30.5 Å². The summed E-state index contributed by atoms with van der Waals surface area (Å²) in [5, 5.41) is 3.11. The van der Waals surface area contributed by atoms with Gasteiger partial charge in [-0.2, -0.15) is 0 Å². The van der Waals surface area contributed by atoms with Crippen LogP contribution in [0.2, 0.25) is 5.02 Å². The SMILES string of the molecule is COc1cc(OC)c(NC(=O)Cn2c(N3CCc4ccccc4C3)nc(C)cc2=O)cc1Cl. The maximum absolute atomic E-state index is 12.9. The standard InChI is InChI=1S/C24H25ClN4O4/c1-15-10-23(31)29(24(26-15)28-9-8-16-6-4-5-7-17(16)13-28)14-22(30)27-19-11-18(25)20(32-2)12-21(19)33-3/h4-7,10-12H,8-9,13-14H2,1-3H3,(H,27,30). The Labute approximate surface area is 196 Å². The molecule has 4 rings (SSSR count). The van der Waals surface area contributed by atoms with Gasteiger partial charge in [0.05, 0.1) is 24.9 Å². The molecule has 172 valence electrons. The molecule has 33 heavy (non-hydrogen) atoms. The predicted molar refractivity (Wildman–Crippen MR) is 128 cm³/mol. The molecule has 0 radical (unpaired) electrons. The molecule has 9 heteroatoms. The lowest BCUT2D eigenvalue weighted by molar-refractivity contribution is -0.116. The Morgan fingerprint density at radius 3 is 2.58 bits per heavy atom. The first-order valence-electron chi connectivity index (χ1n) is 10.5. The average molecular weight is 469 g/mol. The van der Waals surface area contributed by atoms with Crippen molar-refractivity contribution in [2.24, 2.45) is 0 Å². The van der Waals surface area contributed by atoms with Crippen LogP contribution in [-0.4, -0.2) is 36.2 Å². The molecule has 1 aromatic heterocycles. The molecule has 3 aromatic rings. The summed E-state index contributed by atoms with van der Waals surface area (Å²) in [4.78, 5) is 32.4. The molecule has 8 nitrogen and oxygen atoms in total. The molecule has 0 bridgehead atoms. The van der Waals surface area contributed by atoms with Crippen LogP contribution < -0.4 is 25.2 Å². The van der Waals surface area contributed by atoms with E-state index < -0.39 is 5.91 Å². The second-order valence-electron chi connectivity index (χ2n) is 7.80. The molecule has 0 saturated carbocycles. The lowest BCUT2D eigenvalue weighted by atomic mass is 10.0. The van der Waals surface area contributed by atoms with Crippen molar-refractivity contribution in [3.05, 3.63) is 74.7 Å². The van der Waals surface area contributed by atoms with Gasteiger partial charge >= 0.3 is 0 Å². The van der Waals surface area contributed by atoms with Gasteiger partial charge in [-0.3, -0.25) is 14.2 Å². The Balaban J connectivity index is 1.61. The van der Waals surface area contributed by atoms with Gasteiger partial charge in [0, 0.05) is 30.9 Å². The van der Waals surface area contributed by atoms with Gasteiger partial charge in [0.25, 0.3) is 5.56 Å².